The molecule has 1 aromatic heterocycles. The summed E-state index contributed by atoms with van der Waals surface area (Å²) in [6, 6.07) is 58.5. The molecule has 5 heteroatoms. The normalized spacial score (nSPS) is 12.6. The van der Waals surface area contributed by atoms with Crippen molar-refractivity contribution in [3.8, 4) is 28.7 Å². The molecule has 3 heterocycles. The molecule has 0 bridgehead atoms. The van der Waals surface area contributed by atoms with Gasteiger partial charge in [-0.1, -0.05) is 114 Å². The zero-order valence-corrected chi connectivity index (χ0v) is 29.4. The first-order valence-corrected chi connectivity index (χ1v) is 18.2. The van der Waals surface area contributed by atoms with Gasteiger partial charge in [0.05, 0.1) is 16.7 Å². The van der Waals surface area contributed by atoms with Crippen LogP contribution in [-0.4, -0.2) is 11.3 Å². The molecule has 0 N–H and O–H groups in total. The Labute approximate surface area is 308 Å². The molecular formula is C48H33BN2O2. The second kappa shape index (κ2) is 11.4. The Balaban J connectivity index is 1.31. The second-order valence-corrected chi connectivity index (χ2v) is 14.2. The maximum absolute atomic E-state index is 7.15. The van der Waals surface area contributed by atoms with Gasteiger partial charge in [-0.05, 0) is 90.8 Å². The third-order valence-electron chi connectivity index (χ3n) is 10.9. The predicted octanol–water partition coefficient (Wildman–Crippen LogP) is 10.8. The highest BCUT2D eigenvalue weighted by Crippen LogP contribution is 2.49. The average molecular weight is 681 g/mol. The van der Waals surface area contributed by atoms with E-state index in [9.17, 15) is 0 Å². The Morgan fingerprint density at radius 1 is 0.509 bits per heavy atom. The molecule has 0 aliphatic carbocycles. The molecule has 4 nitrogen and oxygen atoms in total. The number of para-hydroxylation sites is 3. The molecule has 2 aliphatic rings. The summed E-state index contributed by atoms with van der Waals surface area (Å²) >= 11 is 0. The van der Waals surface area contributed by atoms with Gasteiger partial charge in [0.1, 0.15) is 17.2 Å². The van der Waals surface area contributed by atoms with Gasteiger partial charge in [-0.25, -0.2) is 0 Å². The molecule has 9 aromatic rings. The third-order valence-corrected chi connectivity index (χ3v) is 10.9. The van der Waals surface area contributed by atoms with E-state index in [-0.39, 0.29) is 6.71 Å². The van der Waals surface area contributed by atoms with Gasteiger partial charge in [-0.2, -0.15) is 0 Å². The highest BCUT2D eigenvalue weighted by atomic mass is 16.5. The van der Waals surface area contributed by atoms with Crippen molar-refractivity contribution in [2.75, 3.05) is 4.90 Å². The summed E-state index contributed by atoms with van der Waals surface area (Å²) in [5, 5.41) is 4.58. The lowest BCUT2D eigenvalue weighted by Gasteiger charge is -2.34. The monoisotopic (exact) mass is 680 g/mol. The quantitative estimate of drug-likeness (QED) is 0.173. The van der Waals surface area contributed by atoms with Crippen LogP contribution in [0.4, 0.5) is 17.1 Å². The van der Waals surface area contributed by atoms with Crippen molar-refractivity contribution in [1.82, 2.24) is 4.57 Å². The minimum atomic E-state index is -0.0297. The molecule has 0 unspecified atom stereocenters. The van der Waals surface area contributed by atoms with Crippen molar-refractivity contribution in [2.45, 2.75) is 13.8 Å². The van der Waals surface area contributed by atoms with Crippen molar-refractivity contribution >= 4 is 72.7 Å². The Kier molecular flexibility index (Phi) is 6.44. The summed E-state index contributed by atoms with van der Waals surface area (Å²) in [5.41, 5.74) is 12.3. The van der Waals surface area contributed by atoms with Crippen LogP contribution in [0.3, 0.4) is 0 Å². The minimum absolute atomic E-state index is 0.0297. The maximum atomic E-state index is 7.15. The zero-order chi connectivity index (χ0) is 35.2. The largest absolute Gasteiger partial charge is 0.458 e. The molecule has 0 fully saturated rings. The minimum Gasteiger partial charge on any atom is -0.458 e. The number of aryl methyl sites for hydroxylation is 2. The SMILES string of the molecule is Cc1ccc2c(c1)B1c3cc(C)ccc3Oc3c1c(cc1c4c5ccccc5c(N(c5ccccc5)c5ccccc5)cc4n(-c4ccccc4)c31)O2. The number of rotatable bonds is 4. The molecule has 53 heavy (non-hydrogen) atoms. The Morgan fingerprint density at radius 2 is 1.08 bits per heavy atom. The van der Waals surface area contributed by atoms with E-state index in [1.165, 1.54) is 27.4 Å². The number of nitrogens with zero attached hydrogens (tertiary/aromatic N) is 2. The smallest absolute Gasteiger partial charge is 0.260 e. The molecule has 2 aliphatic heterocycles. The molecule has 0 amide bonds. The fourth-order valence-electron chi connectivity index (χ4n) is 8.73. The Bertz CT molecular complexity index is 2870. The molecule has 0 saturated carbocycles. The van der Waals surface area contributed by atoms with Crippen LogP contribution in [0.1, 0.15) is 11.1 Å². The van der Waals surface area contributed by atoms with Crippen molar-refractivity contribution in [3.05, 3.63) is 175 Å². The van der Waals surface area contributed by atoms with Crippen LogP contribution in [0.15, 0.2) is 164 Å². The topological polar surface area (TPSA) is 26.6 Å². The van der Waals surface area contributed by atoms with E-state index >= 15 is 0 Å². The van der Waals surface area contributed by atoms with Gasteiger partial charge in [0, 0.05) is 38.7 Å². The molecule has 0 atom stereocenters. The number of aromatic nitrogens is 1. The number of hydrogen-bond acceptors (Lipinski definition) is 3. The van der Waals surface area contributed by atoms with Crippen LogP contribution in [0.5, 0.6) is 23.0 Å². The van der Waals surface area contributed by atoms with Crippen LogP contribution < -0.4 is 30.8 Å². The Morgan fingerprint density at radius 3 is 1.72 bits per heavy atom. The second-order valence-electron chi connectivity index (χ2n) is 14.2. The maximum Gasteiger partial charge on any atom is 0.260 e. The first-order chi connectivity index (χ1) is 26.1. The molecule has 11 rings (SSSR count). The lowest BCUT2D eigenvalue weighted by molar-refractivity contribution is 0.467. The van der Waals surface area contributed by atoms with Gasteiger partial charge in [-0.15, -0.1) is 0 Å². The summed E-state index contributed by atoms with van der Waals surface area (Å²) < 4.78 is 16.4. The van der Waals surface area contributed by atoms with Crippen molar-refractivity contribution in [1.29, 1.82) is 0 Å². The van der Waals surface area contributed by atoms with E-state index in [1.807, 2.05) is 0 Å². The van der Waals surface area contributed by atoms with Crippen molar-refractivity contribution < 1.29 is 9.47 Å². The fraction of sp³-hybridized carbons (Fsp3) is 0.0417. The van der Waals surface area contributed by atoms with E-state index in [1.54, 1.807) is 0 Å². The molecule has 250 valence electrons. The number of hydrogen-bond donors (Lipinski definition) is 0. The van der Waals surface area contributed by atoms with E-state index in [0.29, 0.717) is 0 Å². The predicted molar refractivity (Wildman–Crippen MR) is 220 cm³/mol. The van der Waals surface area contributed by atoms with E-state index < -0.39 is 0 Å². The summed E-state index contributed by atoms with van der Waals surface area (Å²) in [5.74, 6) is 3.47. The standard InChI is InChI=1S/C48H33BN2O2/c1-30-22-24-42-38(26-30)49-39-27-31(2)23-25-43(39)53-48-46(49)44(52-42)28-37-45-36-21-13-12-20-35(36)40(29-41(45)51(47(37)48)34-18-10-5-11-19-34)50(32-14-6-3-7-15-32)33-16-8-4-9-17-33/h3-29H,1-2H3. The summed E-state index contributed by atoms with van der Waals surface area (Å²) in [6.45, 7) is 4.28. The zero-order valence-electron chi connectivity index (χ0n) is 29.4. The highest BCUT2D eigenvalue weighted by Gasteiger charge is 2.42. The molecule has 8 aromatic carbocycles. The number of fused-ring (bicyclic) bond motifs is 10. The number of anilines is 3. The van der Waals surface area contributed by atoms with Crippen LogP contribution >= 0.6 is 0 Å². The van der Waals surface area contributed by atoms with Crippen molar-refractivity contribution in [2.24, 2.45) is 0 Å². The van der Waals surface area contributed by atoms with E-state index in [4.69, 9.17) is 9.47 Å². The lowest BCUT2D eigenvalue weighted by atomic mass is 9.34. The Hall–Kier alpha value is -6.72. The molecule has 0 saturated heterocycles. The van der Waals surface area contributed by atoms with Crippen molar-refractivity contribution in [3.63, 3.8) is 0 Å². The fourth-order valence-corrected chi connectivity index (χ4v) is 8.73. The lowest BCUT2D eigenvalue weighted by Crippen LogP contribution is -2.57. The van der Waals surface area contributed by atoms with E-state index in [2.05, 4.69) is 187 Å². The third kappa shape index (κ3) is 4.44. The molecule has 0 spiro atoms. The molecular weight excluding hydrogens is 647 g/mol. The summed E-state index contributed by atoms with van der Waals surface area (Å²) in [4.78, 5) is 2.37. The van der Waals surface area contributed by atoms with Gasteiger partial charge in [0.25, 0.3) is 6.71 Å². The number of ether oxygens (including phenoxy) is 2. The van der Waals surface area contributed by atoms with E-state index in [0.717, 1.165) is 78.4 Å². The first kappa shape index (κ1) is 30.0. The average Bonchev–Trinajstić information content (AvgIpc) is 3.53. The highest BCUT2D eigenvalue weighted by molar-refractivity contribution is 6.98. The summed E-state index contributed by atoms with van der Waals surface area (Å²) in [6.07, 6.45) is 0. The van der Waals surface area contributed by atoms with Crippen LogP contribution in [0, 0.1) is 13.8 Å². The van der Waals surface area contributed by atoms with Crippen LogP contribution in [-0.2, 0) is 0 Å². The summed E-state index contributed by atoms with van der Waals surface area (Å²) in [7, 11) is 0. The molecule has 0 radical (unpaired) electrons. The number of benzene rings is 8. The van der Waals surface area contributed by atoms with Gasteiger partial charge in [-0.3, -0.25) is 0 Å². The van der Waals surface area contributed by atoms with Gasteiger partial charge in [0.2, 0.25) is 0 Å². The van der Waals surface area contributed by atoms with Gasteiger partial charge < -0.3 is 18.9 Å². The van der Waals surface area contributed by atoms with Crippen LogP contribution in [0.25, 0.3) is 38.3 Å². The first-order valence-electron chi connectivity index (χ1n) is 18.2. The van der Waals surface area contributed by atoms with Gasteiger partial charge in [0.15, 0.2) is 5.75 Å². The van der Waals surface area contributed by atoms with Gasteiger partial charge >= 0.3 is 0 Å². The van der Waals surface area contributed by atoms with Crippen LogP contribution in [0.2, 0.25) is 0 Å².